The number of nitrogens with one attached hydrogen (secondary N) is 2. The molecule has 120 heavy (non-hydrogen) atoms. The quantitative estimate of drug-likeness (QED) is 0.109. The van der Waals surface area contributed by atoms with Crippen LogP contribution in [-0.4, -0.2) is 310 Å². The standard InChI is InChI=1S/C24H34N4O4.C23H32N4O5.C19H26N2O3.C14H18N2O.C9H18N2O2.2ClH/c1-17(29)18-5-7-21(8-6-18)27-13-19-15-28(16-20(19)14-27)22(30)25-9-11-26(12-10-25)23(31)32-24(2,3)4;1-23(2,3)32-22(31)25-10-8-24(9-11-25)21(30)27-14-17-12-26(13-18(17)15-27)19-6-4-16(5-7-19)20(28)29;1-13(22)14-5-7-17(8-6-14)20-9-15-11-21(12-16(15)10-20)18(23)24-19(2,3)4;1-10(17)11-2-4-14(5-3-11)16-8-12-6-15-7-13(12)9-16;1-9(2,3)13-8(12)11-6-4-10-5-7-11;;/h5-8,19-20H,9-16H2,1-4H3;4-7,17-18H,8-15H2,1-3H3,(H,28,29);5-8,15-16H,9-12H2,1-4H3;2-5,12-13,15H,6-9H2,1H3;10H,4-7H2,1-3H3;2*1H. The minimum Gasteiger partial charge on any atom is -0.478 e. The predicted octanol–water partition coefficient (Wildman–Crippen LogP) is 11.8. The molecule has 11 aliphatic heterocycles. The van der Waals surface area contributed by atoms with Gasteiger partial charge in [-0.3, -0.25) is 14.4 Å². The fraction of sp³-hybridized carbons (Fsp3) is 0.618. The second-order valence-electron chi connectivity index (χ2n) is 37.4. The van der Waals surface area contributed by atoms with E-state index in [1.165, 1.54) is 5.69 Å². The minimum absolute atomic E-state index is 0. The van der Waals surface area contributed by atoms with Crippen LogP contribution in [0.1, 0.15) is 145 Å². The predicted molar refractivity (Wildman–Crippen MR) is 468 cm³/mol. The Balaban J connectivity index is 0.000000176. The zero-order valence-electron chi connectivity index (χ0n) is 73.0. The number of anilines is 4. The smallest absolute Gasteiger partial charge is 0.410 e. The third kappa shape index (κ3) is 25.9. The molecule has 8 atom stereocenters. The Bertz CT molecular complexity index is 3970. The van der Waals surface area contributed by atoms with Crippen molar-refractivity contribution in [2.24, 2.45) is 47.3 Å². The van der Waals surface area contributed by atoms with Gasteiger partial charge in [0, 0.05) is 258 Å². The van der Waals surface area contributed by atoms with Crippen molar-refractivity contribution < 1.29 is 72.0 Å². The second kappa shape index (κ2) is 40.6. The Labute approximate surface area is 721 Å². The molecule has 8 unspecified atom stereocenters. The average molecular weight is 1710 g/mol. The summed E-state index contributed by atoms with van der Waals surface area (Å²) in [5.74, 6) is 3.75. The van der Waals surface area contributed by atoms with Gasteiger partial charge in [-0.15, -0.1) is 24.8 Å². The molecule has 3 N–H and O–H groups in total. The van der Waals surface area contributed by atoms with Crippen LogP contribution in [0.15, 0.2) is 97.1 Å². The van der Waals surface area contributed by atoms with Crippen molar-refractivity contribution in [3.8, 4) is 0 Å². The van der Waals surface area contributed by atoms with E-state index in [-0.39, 0.29) is 89.8 Å². The number of benzene rings is 4. The number of carbonyl (C=O) groups excluding carboxylic acids is 9. The molecule has 11 aliphatic rings. The maximum Gasteiger partial charge on any atom is 0.410 e. The van der Waals surface area contributed by atoms with Crippen LogP contribution in [-0.2, 0) is 18.9 Å². The van der Waals surface area contributed by atoms with E-state index in [0.717, 1.165) is 176 Å². The Morgan fingerprint density at radius 3 is 0.742 bits per heavy atom. The maximum atomic E-state index is 13.1. The van der Waals surface area contributed by atoms with Crippen LogP contribution in [0.5, 0.6) is 0 Å². The molecule has 660 valence electrons. The molecule has 4 aromatic carbocycles. The number of rotatable bonds is 8. The molecule has 29 nitrogen and oxygen atoms in total. The highest BCUT2D eigenvalue weighted by Gasteiger charge is 2.47. The molecule has 0 spiro atoms. The number of likely N-dealkylation sites (tertiary alicyclic amines) is 3. The molecule has 0 radical (unpaired) electrons. The number of ether oxygens (including phenoxy) is 4. The van der Waals surface area contributed by atoms with Crippen molar-refractivity contribution in [3.05, 3.63) is 119 Å². The Morgan fingerprint density at radius 2 is 0.500 bits per heavy atom. The zero-order chi connectivity index (χ0) is 85.3. The summed E-state index contributed by atoms with van der Waals surface area (Å²) < 4.78 is 21.6. The number of Topliss-reactive ketones (excluding diaryl/α,β-unsaturated/α-hetero) is 3. The van der Waals surface area contributed by atoms with E-state index in [0.29, 0.717) is 87.9 Å². The van der Waals surface area contributed by atoms with Crippen LogP contribution in [0.3, 0.4) is 0 Å². The number of hydrogen-bond donors (Lipinski definition) is 3. The highest BCUT2D eigenvalue weighted by Crippen LogP contribution is 2.39. The monoisotopic (exact) mass is 1700 g/mol. The molecule has 4 aromatic rings. The van der Waals surface area contributed by atoms with E-state index in [1.54, 1.807) is 47.6 Å². The van der Waals surface area contributed by atoms with Gasteiger partial charge in [0.2, 0.25) is 0 Å². The van der Waals surface area contributed by atoms with Crippen molar-refractivity contribution in [2.45, 2.75) is 126 Å². The lowest BCUT2D eigenvalue weighted by Gasteiger charge is -2.37. The van der Waals surface area contributed by atoms with Gasteiger partial charge >= 0.3 is 42.4 Å². The van der Waals surface area contributed by atoms with Crippen LogP contribution < -0.4 is 30.2 Å². The number of halogens is 2. The summed E-state index contributed by atoms with van der Waals surface area (Å²) in [5.41, 5.74) is 5.27. The molecule has 31 heteroatoms. The SMILES string of the molecule is CC(=O)c1ccc(N2CC3CN(C(=O)N4CCN(C(=O)OC(C)(C)C)CC4)CC3C2)cc1.CC(=O)c1ccc(N2CC3CN(C(=O)OC(C)(C)C)CC3C2)cc1.CC(=O)c1ccc(N2CC3CNCC3C2)cc1.CC(C)(C)OC(=O)N1CCN(C(=O)N2CC3CN(c4ccc(C(=O)O)cc4)CC3C2)CC1.CC(C)(C)OC(=O)N1CCNCC1.Cl.Cl. The molecule has 0 bridgehead atoms. The molecule has 11 fully saturated rings. The molecule has 0 aliphatic carbocycles. The molecule has 15 rings (SSSR count). The number of carboxylic acid groups (broad SMARTS) is 1. The van der Waals surface area contributed by atoms with Gasteiger partial charge in [-0.25, -0.2) is 33.6 Å². The van der Waals surface area contributed by atoms with Gasteiger partial charge in [-0.2, -0.15) is 0 Å². The van der Waals surface area contributed by atoms with Gasteiger partial charge in [0.05, 0.1) is 5.56 Å². The molecule has 8 amide bonds. The lowest BCUT2D eigenvalue weighted by atomic mass is 10.0. The first-order valence-electron chi connectivity index (χ1n) is 42.2. The van der Waals surface area contributed by atoms with Crippen molar-refractivity contribution in [3.63, 3.8) is 0 Å². The van der Waals surface area contributed by atoms with E-state index in [4.69, 9.17) is 24.1 Å². The molecule has 0 aromatic heterocycles. The molecule has 11 heterocycles. The van der Waals surface area contributed by atoms with Gasteiger partial charge < -0.3 is 93.5 Å². The summed E-state index contributed by atoms with van der Waals surface area (Å²) in [4.78, 5) is 143. The van der Waals surface area contributed by atoms with Gasteiger partial charge in [-0.1, -0.05) is 0 Å². The van der Waals surface area contributed by atoms with Crippen LogP contribution in [0.4, 0.5) is 51.5 Å². The minimum atomic E-state index is -0.920. The number of nitrogens with zero attached hydrogens (tertiary/aromatic N) is 12. The fourth-order valence-electron chi connectivity index (χ4n) is 17.4. The lowest BCUT2D eigenvalue weighted by molar-refractivity contribution is 0.0152. The van der Waals surface area contributed by atoms with E-state index in [1.807, 2.05) is 180 Å². The Morgan fingerprint density at radius 1 is 0.283 bits per heavy atom. The lowest BCUT2D eigenvalue weighted by Crippen LogP contribution is -2.54. The van der Waals surface area contributed by atoms with Gasteiger partial charge in [0.1, 0.15) is 22.4 Å². The third-order valence-corrected chi connectivity index (χ3v) is 23.6. The third-order valence-electron chi connectivity index (χ3n) is 23.6. The number of carbonyl (C=O) groups is 10. The summed E-state index contributed by atoms with van der Waals surface area (Å²) in [5, 5.41) is 15.7. The van der Waals surface area contributed by atoms with E-state index >= 15 is 0 Å². The molecular formula is C89H130Cl2N14O15. The summed E-state index contributed by atoms with van der Waals surface area (Å²) in [6, 6.07) is 30.8. The first kappa shape index (κ1) is 94.5. The van der Waals surface area contributed by atoms with Crippen molar-refractivity contribution in [2.75, 3.05) is 203 Å². The Kier molecular flexibility index (Phi) is 32.0. The first-order valence-corrected chi connectivity index (χ1v) is 42.2. The van der Waals surface area contributed by atoms with Crippen LogP contribution in [0.2, 0.25) is 0 Å². The number of aromatic carboxylic acids is 1. The molecule has 11 saturated heterocycles. The van der Waals surface area contributed by atoms with Crippen molar-refractivity contribution in [1.29, 1.82) is 0 Å². The summed E-state index contributed by atoms with van der Waals surface area (Å²) in [6.45, 7) is 49.2. The Hall–Kier alpha value is -9.32. The normalized spacial score (nSPS) is 23.0. The highest BCUT2D eigenvalue weighted by atomic mass is 35.5. The van der Waals surface area contributed by atoms with Crippen LogP contribution in [0, 0.1) is 47.3 Å². The van der Waals surface area contributed by atoms with Crippen molar-refractivity contribution >= 4 is 107 Å². The summed E-state index contributed by atoms with van der Waals surface area (Å²) in [7, 11) is 0. The zero-order valence-corrected chi connectivity index (χ0v) is 74.6. The van der Waals surface area contributed by atoms with Gasteiger partial charge in [-0.05, 0) is 213 Å². The maximum absolute atomic E-state index is 13.1. The first-order chi connectivity index (χ1) is 55.7. The van der Waals surface area contributed by atoms with Crippen LogP contribution in [0.25, 0.3) is 0 Å². The van der Waals surface area contributed by atoms with E-state index in [2.05, 4.69) is 42.4 Å². The largest absolute Gasteiger partial charge is 0.478 e. The topological polar surface area (TPSA) is 291 Å². The van der Waals surface area contributed by atoms with E-state index in [9.17, 15) is 47.9 Å². The number of piperazine rings is 3. The number of amides is 8. The number of carboxylic acids is 1. The number of ketones is 3. The number of hydrogen-bond acceptors (Lipinski definition) is 20. The molecule has 0 saturated carbocycles. The summed E-state index contributed by atoms with van der Waals surface area (Å²) >= 11 is 0. The second-order valence-corrected chi connectivity index (χ2v) is 37.4. The summed E-state index contributed by atoms with van der Waals surface area (Å²) in [6.07, 6.45) is -1.03. The fourth-order valence-corrected chi connectivity index (χ4v) is 17.4. The van der Waals surface area contributed by atoms with Crippen LogP contribution >= 0.6 is 24.8 Å². The van der Waals surface area contributed by atoms with E-state index < -0.39 is 22.8 Å². The average Bonchev–Trinajstić information content (AvgIpc) is 1.66. The van der Waals surface area contributed by atoms with Gasteiger partial charge in [0.15, 0.2) is 17.3 Å². The number of fused-ring (bicyclic) bond motifs is 4. The van der Waals surface area contributed by atoms with Gasteiger partial charge in [0.25, 0.3) is 0 Å². The molecular weight excluding hydrogens is 1580 g/mol. The van der Waals surface area contributed by atoms with Crippen molar-refractivity contribution in [1.82, 2.24) is 49.8 Å². The highest BCUT2D eigenvalue weighted by molar-refractivity contribution is 5.95. The number of urea groups is 2.